The number of hydrogen-bond donors (Lipinski definition) is 0. The molecule has 0 spiro atoms. The van der Waals surface area contributed by atoms with Crippen LogP contribution in [0.5, 0.6) is 5.88 Å². The van der Waals surface area contributed by atoms with Crippen molar-refractivity contribution in [3.63, 3.8) is 0 Å². The largest absolute Gasteiger partial charge is 0.478 e. The molecule has 0 atom stereocenters. The Morgan fingerprint density at radius 2 is 1.93 bits per heavy atom. The second kappa shape index (κ2) is 8.47. The van der Waals surface area contributed by atoms with Crippen molar-refractivity contribution < 1.29 is 9.53 Å². The van der Waals surface area contributed by atoms with Gasteiger partial charge in [0.1, 0.15) is 5.56 Å². The van der Waals surface area contributed by atoms with E-state index in [-0.39, 0.29) is 11.2 Å². The second-order valence-corrected chi connectivity index (χ2v) is 8.81. The lowest BCUT2D eigenvalue weighted by molar-refractivity contribution is 0.103. The van der Waals surface area contributed by atoms with Crippen molar-refractivity contribution in [3.8, 4) is 5.88 Å². The van der Waals surface area contributed by atoms with Crippen LogP contribution in [0.1, 0.15) is 65.5 Å². The lowest BCUT2D eigenvalue weighted by atomic mass is 9.76. The van der Waals surface area contributed by atoms with Crippen LogP contribution in [0, 0.1) is 30.7 Å². The van der Waals surface area contributed by atoms with E-state index in [0.717, 1.165) is 23.3 Å². The highest BCUT2D eigenvalue weighted by Crippen LogP contribution is 2.46. The van der Waals surface area contributed by atoms with Crippen LogP contribution in [0.15, 0.2) is 11.0 Å². The molecule has 0 amide bonds. The molecule has 7 heteroatoms. The van der Waals surface area contributed by atoms with Gasteiger partial charge in [-0.15, -0.1) is 11.8 Å². The van der Waals surface area contributed by atoms with Gasteiger partial charge in [-0.3, -0.25) is 4.79 Å². The second-order valence-electron chi connectivity index (χ2n) is 7.70. The summed E-state index contributed by atoms with van der Waals surface area (Å²) in [5.41, 5.74) is 5.76. The zero-order valence-electron chi connectivity index (χ0n) is 17.6. The van der Waals surface area contributed by atoms with Crippen molar-refractivity contribution >= 4 is 17.5 Å². The third-order valence-corrected chi connectivity index (χ3v) is 6.52. The number of hydrogen-bond acceptors (Lipinski definition) is 6. The first kappa shape index (κ1) is 22.1. The molecule has 0 saturated heterocycles. The van der Waals surface area contributed by atoms with E-state index in [4.69, 9.17) is 14.7 Å². The quantitative estimate of drug-likeness (QED) is 0.680. The Balaban J connectivity index is 0.00000136. The Morgan fingerprint density at radius 3 is 2.54 bits per heavy atom. The minimum Gasteiger partial charge on any atom is -0.478 e. The van der Waals surface area contributed by atoms with E-state index in [2.05, 4.69) is 32.8 Å². The SMILES string of the molecule is CCOc1c(C(=O)c2cc(C)c3c(c2C)C(C)(C)CCS3)c(C)nn1C.O=O. The normalized spacial score (nSPS) is 14.7. The van der Waals surface area contributed by atoms with Crippen LogP contribution in [0.3, 0.4) is 0 Å². The number of aromatic nitrogens is 2. The Labute approximate surface area is 170 Å². The van der Waals surface area contributed by atoms with Crippen LogP contribution in [0.4, 0.5) is 0 Å². The summed E-state index contributed by atoms with van der Waals surface area (Å²) in [6, 6.07) is 2.05. The predicted octanol–water partition coefficient (Wildman–Crippen LogP) is 4.82. The molecule has 1 aliphatic rings. The molecule has 0 aliphatic carbocycles. The maximum Gasteiger partial charge on any atom is 0.223 e. The smallest absolute Gasteiger partial charge is 0.223 e. The van der Waals surface area contributed by atoms with E-state index in [1.807, 2.05) is 38.7 Å². The Hall–Kier alpha value is -2.15. The zero-order chi connectivity index (χ0) is 21.2. The number of carbonyl (C=O) groups excluding carboxylic acids is 1. The molecule has 0 N–H and O–H groups in total. The standard InChI is InChI=1S/C21H28N2O2S.O2/c1-8-25-20-16(14(4)22-23(20)7)18(24)15-11-12(2)19-17(13(15)3)21(5,6)9-10-26-19;1-2/h11H,8-10H2,1-7H3;. The molecule has 0 saturated carbocycles. The molecule has 0 radical (unpaired) electrons. The van der Waals surface area contributed by atoms with Crippen LogP contribution in [-0.4, -0.2) is 27.9 Å². The van der Waals surface area contributed by atoms with Gasteiger partial charge >= 0.3 is 0 Å². The van der Waals surface area contributed by atoms with Crippen molar-refractivity contribution in [2.75, 3.05) is 12.4 Å². The van der Waals surface area contributed by atoms with Gasteiger partial charge in [-0.2, -0.15) is 5.10 Å². The fraction of sp³-hybridized carbons (Fsp3) is 0.524. The summed E-state index contributed by atoms with van der Waals surface area (Å²) >= 11 is 1.91. The Kier molecular flexibility index (Phi) is 6.70. The monoisotopic (exact) mass is 404 g/mol. The summed E-state index contributed by atoms with van der Waals surface area (Å²) in [6.07, 6.45) is 1.12. The minimum absolute atomic E-state index is 0.00817. The molecule has 1 aromatic heterocycles. The number of nitrogens with zero attached hydrogens (tertiary/aromatic N) is 2. The molecule has 2 heterocycles. The summed E-state index contributed by atoms with van der Waals surface area (Å²) < 4.78 is 7.39. The molecular formula is C21H28N2O4S. The number of benzene rings is 1. The molecule has 152 valence electrons. The maximum absolute atomic E-state index is 13.5. The van der Waals surface area contributed by atoms with Gasteiger partial charge in [-0.05, 0) is 68.0 Å². The molecule has 3 rings (SSSR count). The van der Waals surface area contributed by atoms with Gasteiger partial charge in [0.25, 0.3) is 0 Å². The van der Waals surface area contributed by atoms with Crippen molar-refractivity contribution in [1.29, 1.82) is 0 Å². The first-order chi connectivity index (χ1) is 13.2. The van der Waals surface area contributed by atoms with E-state index >= 15 is 0 Å². The first-order valence-electron chi connectivity index (χ1n) is 9.34. The highest BCUT2D eigenvalue weighted by Gasteiger charge is 2.34. The third kappa shape index (κ3) is 3.72. The van der Waals surface area contributed by atoms with Crippen LogP contribution >= 0.6 is 11.8 Å². The number of ketones is 1. The highest BCUT2D eigenvalue weighted by atomic mass is 32.2. The summed E-state index contributed by atoms with van der Waals surface area (Å²) in [6.45, 7) is 13.1. The zero-order valence-corrected chi connectivity index (χ0v) is 18.5. The molecule has 6 nitrogen and oxygen atoms in total. The highest BCUT2D eigenvalue weighted by molar-refractivity contribution is 7.99. The van der Waals surface area contributed by atoms with Crippen LogP contribution in [0.2, 0.25) is 0 Å². The molecule has 0 fully saturated rings. The minimum atomic E-state index is 0.00817. The fourth-order valence-electron chi connectivity index (χ4n) is 4.00. The fourth-order valence-corrected chi connectivity index (χ4v) is 5.67. The summed E-state index contributed by atoms with van der Waals surface area (Å²) in [5.74, 6) is 1.69. The molecule has 0 unspecified atom stereocenters. The number of ether oxygens (including phenoxy) is 1. The first-order valence-corrected chi connectivity index (χ1v) is 10.3. The topological polar surface area (TPSA) is 78.3 Å². The number of carbonyl (C=O) groups is 1. The van der Waals surface area contributed by atoms with Crippen LogP contribution in [0.25, 0.3) is 0 Å². The predicted molar refractivity (Wildman–Crippen MR) is 114 cm³/mol. The van der Waals surface area contributed by atoms with Crippen LogP contribution < -0.4 is 4.74 Å². The van der Waals surface area contributed by atoms with Crippen LogP contribution in [-0.2, 0) is 12.5 Å². The number of aryl methyl sites for hydroxylation is 3. The van der Waals surface area contributed by atoms with E-state index in [1.165, 1.54) is 16.0 Å². The van der Waals surface area contributed by atoms with Gasteiger partial charge in [0.15, 0.2) is 0 Å². The average molecular weight is 405 g/mol. The Morgan fingerprint density at radius 1 is 1.29 bits per heavy atom. The van der Waals surface area contributed by atoms with Gasteiger partial charge in [-0.25, -0.2) is 4.68 Å². The van der Waals surface area contributed by atoms with Crippen molar-refractivity contribution in [3.05, 3.63) is 49.5 Å². The van der Waals surface area contributed by atoms with Gasteiger partial charge in [0.2, 0.25) is 11.7 Å². The van der Waals surface area contributed by atoms with Gasteiger partial charge in [-0.1, -0.05) is 13.8 Å². The summed E-state index contributed by atoms with van der Waals surface area (Å²) in [5, 5.41) is 4.41. The Bertz CT molecular complexity index is 903. The molecular weight excluding hydrogens is 376 g/mol. The van der Waals surface area contributed by atoms with Gasteiger partial charge in [0, 0.05) is 27.4 Å². The molecule has 1 aliphatic heterocycles. The van der Waals surface area contributed by atoms with Gasteiger partial charge < -0.3 is 4.74 Å². The van der Waals surface area contributed by atoms with E-state index < -0.39 is 0 Å². The summed E-state index contributed by atoms with van der Waals surface area (Å²) in [4.78, 5) is 28.9. The van der Waals surface area contributed by atoms with E-state index in [1.54, 1.807) is 4.68 Å². The number of rotatable bonds is 4. The lowest BCUT2D eigenvalue weighted by Gasteiger charge is -2.35. The van der Waals surface area contributed by atoms with E-state index in [9.17, 15) is 4.79 Å². The molecule has 2 aromatic rings. The molecule has 28 heavy (non-hydrogen) atoms. The number of fused-ring (bicyclic) bond motifs is 1. The van der Waals surface area contributed by atoms with Crippen molar-refractivity contribution in [2.45, 2.75) is 58.3 Å². The summed E-state index contributed by atoms with van der Waals surface area (Å²) in [7, 11) is 1.82. The third-order valence-electron chi connectivity index (χ3n) is 5.30. The van der Waals surface area contributed by atoms with E-state index in [0.29, 0.717) is 23.7 Å². The number of thioether (sulfide) groups is 1. The van der Waals surface area contributed by atoms with Crippen molar-refractivity contribution in [2.24, 2.45) is 7.05 Å². The molecule has 0 bridgehead atoms. The average Bonchev–Trinajstić information content (AvgIpc) is 2.92. The van der Waals surface area contributed by atoms with Gasteiger partial charge in [0.05, 0.1) is 12.3 Å². The van der Waals surface area contributed by atoms with Crippen molar-refractivity contribution in [1.82, 2.24) is 9.78 Å². The maximum atomic E-state index is 13.5. The molecule has 1 aromatic carbocycles. The lowest BCUT2D eigenvalue weighted by Crippen LogP contribution is -2.26.